The van der Waals surface area contributed by atoms with Gasteiger partial charge >= 0.3 is 0 Å². The maximum atomic E-state index is 4.10. The number of nitrogens with zero attached hydrogens (tertiary/aromatic N) is 3. The van der Waals surface area contributed by atoms with E-state index in [4.69, 9.17) is 0 Å². The molecule has 1 N–H and O–H groups in total. The molecule has 4 nitrogen and oxygen atoms in total. The number of rotatable bonds is 1. The number of hydrogen-bond acceptors (Lipinski definition) is 3. The first-order chi connectivity index (χ1) is 5.81. The van der Waals surface area contributed by atoms with Gasteiger partial charge < -0.3 is 5.32 Å². The Morgan fingerprint density at radius 1 is 1.58 bits per heavy atom. The molecule has 2 heterocycles. The molecule has 0 aromatic carbocycles. The van der Waals surface area contributed by atoms with Crippen LogP contribution in [0.3, 0.4) is 0 Å². The third-order valence-corrected chi connectivity index (χ3v) is 2.25. The van der Waals surface area contributed by atoms with Crippen LogP contribution in [-0.4, -0.2) is 21.3 Å². The average Bonchev–Trinajstić information content (AvgIpc) is 2.46. The molecule has 0 fully saturated rings. The van der Waals surface area contributed by atoms with Crippen molar-refractivity contribution in [2.75, 3.05) is 11.9 Å². The molecule has 12 heavy (non-hydrogen) atoms. The molecule has 0 saturated carbocycles. The highest BCUT2D eigenvalue weighted by atomic mass is 15.4. The third kappa shape index (κ3) is 1.07. The van der Waals surface area contributed by atoms with Gasteiger partial charge in [0.25, 0.3) is 0 Å². The van der Waals surface area contributed by atoms with Gasteiger partial charge in [0.05, 0.1) is 0 Å². The summed E-state index contributed by atoms with van der Waals surface area (Å²) in [5.74, 6) is 2.70. The predicted octanol–water partition coefficient (Wildman–Crippen LogP) is 0.902. The lowest BCUT2D eigenvalue weighted by molar-refractivity contribution is 0.466. The predicted molar refractivity (Wildman–Crippen MR) is 47.1 cm³/mol. The first-order valence-corrected chi connectivity index (χ1v) is 4.47. The van der Waals surface area contributed by atoms with E-state index >= 15 is 0 Å². The van der Waals surface area contributed by atoms with Crippen LogP contribution in [0.2, 0.25) is 0 Å². The summed E-state index contributed by atoms with van der Waals surface area (Å²) in [6, 6.07) is 0. The molecule has 0 radical (unpaired) electrons. The van der Waals surface area contributed by atoms with Gasteiger partial charge in [-0.25, -0.2) is 0 Å². The normalized spacial score (nSPS) is 21.7. The van der Waals surface area contributed by atoms with Gasteiger partial charge in [-0.1, -0.05) is 13.8 Å². The van der Waals surface area contributed by atoms with Crippen LogP contribution in [0.15, 0.2) is 0 Å². The first kappa shape index (κ1) is 7.58. The molecule has 1 aliphatic rings. The molecule has 4 heteroatoms. The van der Waals surface area contributed by atoms with E-state index in [-0.39, 0.29) is 0 Å². The molecule has 2 rings (SSSR count). The lowest BCUT2D eigenvalue weighted by Crippen LogP contribution is -2.26. The summed E-state index contributed by atoms with van der Waals surface area (Å²) >= 11 is 0. The van der Waals surface area contributed by atoms with Crippen molar-refractivity contribution in [2.24, 2.45) is 5.92 Å². The lowest BCUT2D eigenvalue weighted by Gasteiger charge is -2.21. The van der Waals surface area contributed by atoms with Crippen LogP contribution < -0.4 is 5.32 Å². The van der Waals surface area contributed by atoms with Gasteiger partial charge in [-0.15, -0.1) is 10.2 Å². The number of nitrogens with one attached hydrogen (secondary N) is 1. The highest BCUT2D eigenvalue weighted by Gasteiger charge is 2.17. The van der Waals surface area contributed by atoms with Gasteiger partial charge in [0.2, 0.25) is 5.95 Å². The van der Waals surface area contributed by atoms with E-state index in [1.54, 1.807) is 0 Å². The van der Waals surface area contributed by atoms with Crippen molar-refractivity contribution in [1.82, 2.24) is 14.8 Å². The van der Waals surface area contributed by atoms with Crippen molar-refractivity contribution in [3.63, 3.8) is 0 Å². The van der Waals surface area contributed by atoms with E-state index in [0.29, 0.717) is 5.92 Å². The molecule has 0 amide bonds. The second-order valence-corrected chi connectivity index (χ2v) is 3.39. The lowest BCUT2D eigenvalue weighted by atomic mass is 10.1. The quantitative estimate of drug-likeness (QED) is 0.674. The largest absolute Gasteiger partial charge is 0.354 e. The van der Waals surface area contributed by atoms with Gasteiger partial charge in [-0.2, -0.15) is 0 Å². The van der Waals surface area contributed by atoms with Crippen LogP contribution in [0.4, 0.5) is 5.95 Å². The number of anilines is 1. The number of aryl methyl sites for hydroxylation is 1. The monoisotopic (exact) mass is 166 g/mol. The van der Waals surface area contributed by atoms with E-state index in [1.165, 1.54) is 0 Å². The van der Waals surface area contributed by atoms with Crippen LogP contribution in [0.25, 0.3) is 0 Å². The maximum absolute atomic E-state index is 4.10. The van der Waals surface area contributed by atoms with E-state index in [9.17, 15) is 0 Å². The number of hydrogen-bond donors (Lipinski definition) is 1. The van der Waals surface area contributed by atoms with Crippen molar-refractivity contribution < 1.29 is 0 Å². The summed E-state index contributed by atoms with van der Waals surface area (Å²) in [6.45, 7) is 6.41. The Kier molecular flexibility index (Phi) is 1.75. The number of aromatic nitrogens is 3. The molecule has 0 spiro atoms. The summed E-state index contributed by atoms with van der Waals surface area (Å²) in [7, 11) is 0. The highest BCUT2D eigenvalue weighted by molar-refractivity contribution is 5.28. The minimum Gasteiger partial charge on any atom is -0.354 e. The zero-order valence-electron chi connectivity index (χ0n) is 7.54. The van der Waals surface area contributed by atoms with Gasteiger partial charge in [0, 0.05) is 19.5 Å². The second-order valence-electron chi connectivity index (χ2n) is 3.39. The molecule has 1 atom stereocenters. The Morgan fingerprint density at radius 3 is 3.17 bits per heavy atom. The molecule has 0 aliphatic carbocycles. The zero-order chi connectivity index (χ0) is 8.55. The Morgan fingerprint density at radius 2 is 2.42 bits per heavy atom. The van der Waals surface area contributed by atoms with Gasteiger partial charge in [-0.05, 0) is 5.92 Å². The molecule has 0 bridgehead atoms. The fourth-order valence-corrected chi connectivity index (χ4v) is 1.56. The summed E-state index contributed by atoms with van der Waals surface area (Å²) < 4.78 is 2.17. The molecule has 1 aromatic heterocycles. The van der Waals surface area contributed by atoms with Crippen molar-refractivity contribution in [3.05, 3.63) is 5.82 Å². The summed E-state index contributed by atoms with van der Waals surface area (Å²) in [4.78, 5) is 0. The molecule has 1 aliphatic heterocycles. The van der Waals surface area contributed by atoms with Crippen LogP contribution in [0, 0.1) is 5.92 Å². The molecule has 66 valence electrons. The Labute approximate surface area is 72.0 Å². The van der Waals surface area contributed by atoms with Crippen LogP contribution in [-0.2, 0) is 13.0 Å². The average molecular weight is 166 g/mol. The van der Waals surface area contributed by atoms with Crippen molar-refractivity contribution in [2.45, 2.75) is 26.8 Å². The summed E-state index contributed by atoms with van der Waals surface area (Å²) in [5, 5.41) is 11.4. The van der Waals surface area contributed by atoms with Gasteiger partial charge in [-0.3, -0.25) is 4.57 Å². The maximum Gasteiger partial charge on any atom is 0.224 e. The van der Waals surface area contributed by atoms with Crippen LogP contribution in [0.1, 0.15) is 19.7 Å². The SMILES string of the molecule is CCc1nnc2n1CC(C)CN2. The fourth-order valence-electron chi connectivity index (χ4n) is 1.56. The van der Waals surface area contributed by atoms with E-state index in [0.717, 1.165) is 31.3 Å². The third-order valence-electron chi connectivity index (χ3n) is 2.25. The molecular weight excluding hydrogens is 152 g/mol. The van der Waals surface area contributed by atoms with Crippen LogP contribution in [0.5, 0.6) is 0 Å². The van der Waals surface area contributed by atoms with Gasteiger partial charge in [0.1, 0.15) is 5.82 Å². The zero-order valence-corrected chi connectivity index (χ0v) is 7.54. The topological polar surface area (TPSA) is 42.7 Å². The molecule has 1 unspecified atom stereocenters. The van der Waals surface area contributed by atoms with Crippen molar-refractivity contribution >= 4 is 5.95 Å². The molecular formula is C8H14N4. The summed E-state index contributed by atoms with van der Waals surface area (Å²) in [5.41, 5.74) is 0. The highest BCUT2D eigenvalue weighted by Crippen LogP contribution is 2.16. The summed E-state index contributed by atoms with van der Waals surface area (Å²) in [6.07, 6.45) is 0.960. The second kappa shape index (κ2) is 2.77. The van der Waals surface area contributed by atoms with Gasteiger partial charge in [0.15, 0.2) is 0 Å². The standard InChI is InChI=1S/C8H14N4/c1-3-7-10-11-8-9-4-6(2)5-12(7)8/h6H,3-5H2,1-2H3,(H,9,11). The fraction of sp³-hybridized carbons (Fsp3) is 0.750. The number of fused-ring (bicyclic) bond motifs is 1. The van der Waals surface area contributed by atoms with E-state index in [2.05, 4.69) is 33.9 Å². The Hall–Kier alpha value is -1.06. The molecule has 0 saturated heterocycles. The minimum atomic E-state index is 0.679. The Bertz CT molecular complexity index is 265. The van der Waals surface area contributed by atoms with E-state index < -0.39 is 0 Å². The first-order valence-electron chi connectivity index (χ1n) is 4.47. The minimum absolute atomic E-state index is 0.679. The smallest absolute Gasteiger partial charge is 0.224 e. The van der Waals surface area contributed by atoms with Crippen LogP contribution >= 0.6 is 0 Å². The van der Waals surface area contributed by atoms with E-state index in [1.807, 2.05) is 0 Å². The van der Waals surface area contributed by atoms with Crippen molar-refractivity contribution in [3.8, 4) is 0 Å². The van der Waals surface area contributed by atoms with Crippen molar-refractivity contribution in [1.29, 1.82) is 0 Å². The Balaban J connectivity index is 2.34. The molecule has 1 aromatic rings.